The number of fused-ring (bicyclic) bond motifs is 3. The zero-order valence-corrected chi connectivity index (χ0v) is 32.9. The van der Waals surface area contributed by atoms with Crippen LogP contribution in [0.2, 0.25) is 0 Å². The molecule has 0 saturated heterocycles. The minimum atomic E-state index is -0.00329. The minimum absolute atomic E-state index is 0.00329. The van der Waals surface area contributed by atoms with Crippen LogP contribution in [0.25, 0.3) is 94.0 Å². The molecule has 282 valence electrons. The van der Waals surface area contributed by atoms with Gasteiger partial charge in [0.05, 0.1) is 0 Å². The average molecular weight is 766 g/mol. The monoisotopic (exact) mass is 765 g/mol. The highest BCUT2D eigenvalue weighted by Gasteiger charge is 2.21. The van der Waals surface area contributed by atoms with Crippen molar-refractivity contribution in [1.82, 2.24) is 15.0 Å². The molecule has 0 aliphatic heterocycles. The Morgan fingerprint density at radius 2 is 0.817 bits per heavy atom. The van der Waals surface area contributed by atoms with Crippen molar-refractivity contribution in [2.45, 2.75) is 12.3 Å². The predicted octanol–water partition coefficient (Wildman–Crippen LogP) is 14.8. The summed E-state index contributed by atoms with van der Waals surface area (Å²) in [5.74, 6) is 2.15. The van der Waals surface area contributed by atoms with Gasteiger partial charge in [0.15, 0.2) is 11.6 Å². The van der Waals surface area contributed by atoms with Crippen molar-refractivity contribution in [3.05, 3.63) is 230 Å². The second-order valence-electron chi connectivity index (χ2n) is 15.5. The number of allylic oxidation sites excluding steroid dienone is 4. The molecule has 0 N–H and O–H groups in total. The van der Waals surface area contributed by atoms with Crippen LogP contribution in [0, 0.1) is 0 Å². The second kappa shape index (κ2) is 15.2. The van der Waals surface area contributed by atoms with E-state index in [9.17, 15) is 0 Å². The summed E-state index contributed by atoms with van der Waals surface area (Å²) in [6.45, 7) is 0. The van der Waals surface area contributed by atoms with Gasteiger partial charge in [-0.1, -0.05) is 194 Å². The summed E-state index contributed by atoms with van der Waals surface area (Å²) in [5, 5.41) is 7.47. The third-order valence-electron chi connectivity index (χ3n) is 11.8. The number of hydrogen-bond acceptors (Lipinski definition) is 3. The van der Waals surface area contributed by atoms with Crippen molar-refractivity contribution < 1.29 is 0 Å². The Morgan fingerprint density at radius 1 is 0.350 bits per heavy atom. The lowest BCUT2D eigenvalue weighted by atomic mass is 9.83. The van der Waals surface area contributed by atoms with Gasteiger partial charge in [-0.2, -0.15) is 0 Å². The molecule has 1 heterocycles. The van der Waals surface area contributed by atoms with Gasteiger partial charge in [0.1, 0.15) is 5.82 Å². The molecule has 1 aromatic heterocycles. The Bertz CT molecular complexity index is 3200. The number of benzene rings is 9. The average Bonchev–Trinajstić information content (AvgIpc) is 3.33. The Labute approximate surface area is 349 Å². The van der Waals surface area contributed by atoms with Crippen LogP contribution in [0.15, 0.2) is 218 Å². The first-order valence-corrected chi connectivity index (χ1v) is 20.6. The fourth-order valence-corrected chi connectivity index (χ4v) is 8.85. The van der Waals surface area contributed by atoms with Crippen LogP contribution in [-0.2, 0) is 0 Å². The molecule has 1 aliphatic rings. The van der Waals surface area contributed by atoms with Crippen molar-refractivity contribution in [1.29, 1.82) is 0 Å². The van der Waals surface area contributed by atoms with E-state index >= 15 is 0 Å². The van der Waals surface area contributed by atoms with E-state index < -0.39 is 0 Å². The summed E-state index contributed by atoms with van der Waals surface area (Å²) in [7, 11) is 0. The van der Waals surface area contributed by atoms with Gasteiger partial charge in [-0.05, 0) is 108 Å². The van der Waals surface area contributed by atoms with Crippen LogP contribution >= 0.6 is 0 Å². The molecule has 1 atom stereocenters. The van der Waals surface area contributed by atoms with Crippen molar-refractivity contribution in [3.63, 3.8) is 0 Å². The van der Waals surface area contributed by atoms with Crippen molar-refractivity contribution in [2.75, 3.05) is 0 Å². The summed E-state index contributed by atoms with van der Waals surface area (Å²) in [5.41, 5.74) is 11.6. The molecular formula is C57H39N3. The molecule has 60 heavy (non-hydrogen) atoms. The first-order chi connectivity index (χ1) is 29.7. The van der Waals surface area contributed by atoms with Crippen LogP contribution in [0.4, 0.5) is 0 Å². The zero-order chi connectivity index (χ0) is 39.8. The maximum Gasteiger partial charge on any atom is 0.163 e. The first kappa shape index (κ1) is 35.4. The lowest BCUT2D eigenvalue weighted by Gasteiger charge is -2.20. The summed E-state index contributed by atoms with van der Waals surface area (Å²) in [6.07, 6.45) is 7.64. The molecule has 3 nitrogen and oxygen atoms in total. The van der Waals surface area contributed by atoms with Gasteiger partial charge in [-0.3, -0.25) is 0 Å². The lowest BCUT2D eigenvalue weighted by Crippen LogP contribution is -2.08. The lowest BCUT2D eigenvalue weighted by molar-refractivity contribution is 0.766. The van der Waals surface area contributed by atoms with Gasteiger partial charge >= 0.3 is 0 Å². The summed E-state index contributed by atoms with van der Waals surface area (Å²) >= 11 is 0. The fraction of sp³-hybridized carbons (Fsp3) is 0.0351. The Morgan fingerprint density at radius 3 is 1.40 bits per heavy atom. The van der Waals surface area contributed by atoms with E-state index in [-0.39, 0.29) is 5.92 Å². The van der Waals surface area contributed by atoms with Gasteiger partial charge in [-0.15, -0.1) is 0 Å². The van der Waals surface area contributed by atoms with Crippen molar-refractivity contribution in [3.8, 4) is 56.2 Å². The maximum absolute atomic E-state index is 5.07. The molecule has 0 fully saturated rings. The quantitative estimate of drug-likeness (QED) is 0.152. The molecule has 1 unspecified atom stereocenters. The maximum atomic E-state index is 5.07. The SMILES string of the molecule is C1=CC(c2cccc(-c3ccc4c(-c5ccccc5)c5cc6ccccc6cc5c(-c5ccccc5)c4c3)c2)=CC(c2nc(-c3ccccc3)nc(-c3ccccc3)n2)C1. The largest absolute Gasteiger partial charge is 0.212 e. The molecule has 11 rings (SSSR count). The van der Waals surface area contributed by atoms with Crippen LogP contribution in [0.1, 0.15) is 23.7 Å². The molecular weight excluding hydrogens is 727 g/mol. The standard InChI is InChI=1S/C57H39N3/c1-5-17-38(18-6-1)53-49-32-31-47(37-50(49)54(39-19-7-2-8-20-39)52-36-46-26-14-13-25-45(46)35-51(52)53)43-28-15-27-42(33-43)44-29-16-30-48(34-44)57-59-55(40-21-9-3-10-22-40)58-56(60-57)41-23-11-4-12-24-41/h1-29,31-37,48H,30H2. The normalized spacial score (nSPS) is 13.8. The third kappa shape index (κ3) is 6.57. The van der Waals surface area contributed by atoms with Crippen LogP contribution in [-0.4, -0.2) is 15.0 Å². The number of hydrogen-bond donors (Lipinski definition) is 0. The molecule has 9 aromatic carbocycles. The summed E-state index contributed by atoms with van der Waals surface area (Å²) in [4.78, 5) is 15.1. The van der Waals surface area contributed by atoms with Gasteiger partial charge in [0.2, 0.25) is 0 Å². The van der Waals surface area contributed by atoms with Gasteiger partial charge in [0, 0.05) is 17.0 Å². The smallest absolute Gasteiger partial charge is 0.163 e. The molecule has 0 bridgehead atoms. The van der Waals surface area contributed by atoms with Crippen LogP contribution < -0.4 is 0 Å². The highest BCUT2D eigenvalue weighted by atomic mass is 15.0. The van der Waals surface area contributed by atoms with E-state index in [2.05, 4.69) is 182 Å². The fourth-order valence-electron chi connectivity index (χ4n) is 8.85. The van der Waals surface area contributed by atoms with Gasteiger partial charge < -0.3 is 0 Å². The molecule has 0 radical (unpaired) electrons. The first-order valence-electron chi connectivity index (χ1n) is 20.6. The number of aromatic nitrogens is 3. The molecule has 3 heteroatoms. The molecule has 0 spiro atoms. The molecule has 10 aromatic rings. The predicted molar refractivity (Wildman–Crippen MR) is 250 cm³/mol. The molecule has 1 aliphatic carbocycles. The van der Waals surface area contributed by atoms with E-state index in [0.717, 1.165) is 34.5 Å². The second-order valence-corrected chi connectivity index (χ2v) is 15.5. The third-order valence-corrected chi connectivity index (χ3v) is 11.8. The topological polar surface area (TPSA) is 38.7 Å². The number of rotatable bonds is 7. The highest BCUT2D eigenvalue weighted by molar-refractivity contribution is 6.24. The van der Waals surface area contributed by atoms with E-state index in [1.165, 1.54) is 65.7 Å². The van der Waals surface area contributed by atoms with Crippen molar-refractivity contribution in [2.24, 2.45) is 0 Å². The Balaban J connectivity index is 1.05. The van der Waals surface area contributed by atoms with E-state index in [1.807, 2.05) is 36.4 Å². The number of nitrogens with zero attached hydrogens (tertiary/aromatic N) is 3. The molecule has 0 saturated carbocycles. The highest BCUT2D eigenvalue weighted by Crippen LogP contribution is 2.46. The van der Waals surface area contributed by atoms with E-state index in [0.29, 0.717) is 11.6 Å². The van der Waals surface area contributed by atoms with Crippen molar-refractivity contribution >= 4 is 37.9 Å². The van der Waals surface area contributed by atoms with E-state index in [4.69, 9.17) is 15.0 Å². The Hall–Kier alpha value is -7.75. The Kier molecular flexibility index (Phi) is 8.98. The van der Waals surface area contributed by atoms with Crippen LogP contribution in [0.5, 0.6) is 0 Å². The van der Waals surface area contributed by atoms with Crippen LogP contribution in [0.3, 0.4) is 0 Å². The molecule has 0 amide bonds. The minimum Gasteiger partial charge on any atom is -0.212 e. The zero-order valence-electron chi connectivity index (χ0n) is 32.9. The summed E-state index contributed by atoms with van der Waals surface area (Å²) in [6, 6.07) is 71.6. The van der Waals surface area contributed by atoms with Gasteiger partial charge in [-0.25, -0.2) is 15.0 Å². The van der Waals surface area contributed by atoms with Gasteiger partial charge in [0.25, 0.3) is 0 Å². The summed E-state index contributed by atoms with van der Waals surface area (Å²) < 4.78 is 0. The van der Waals surface area contributed by atoms with E-state index in [1.54, 1.807) is 0 Å².